The van der Waals surface area contributed by atoms with Crippen molar-refractivity contribution in [1.82, 2.24) is 0 Å². The molecule has 2 unspecified atom stereocenters. The standard InChI is InChI=1S/C25H22O4.C15H16O2/c1-16-4-6-18(7-5-16)25(19-8-10-20(27-3)11-9-19)28-21-12-13-22-17(2)14-24(26)29-23(22)15-21;1-11-3-5-12(6-4-11)15(16)13-7-9-14(17-2)10-8-13/h4-15,25H,1-3H3;3-10,15-16H,1-2H3. The molecule has 0 radical (unpaired) electrons. The van der Waals surface area contributed by atoms with Crippen LogP contribution in [0.4, 0.5) is 0 Å². The Bertz CT molecular complexity index is 1920. The molecule has 6 nitrogen and oxygen atoms in total. The molecular weight excluding hydrogens is 576 g/mol. The van der Waals surface area contributed by atoms with Crippen LogP contribution in [-0.2, 0) is 0 Å². The molecular formula is C40H38O6. The Morgan fingerprint density at radius 2 is 1.00 bits per heavy atom. The van der Waals surface area contributed by atoms with E-state index < -0.39 is 6.10 Å². The molecule has 0 saturated carbocycles. The van der Waals surface area contributed by atoms with Crippen LogP contribution in [0.2, 0.25) is 0 Å². The number of methoxy groups -OCH3 is 2. The third-order valence-corrected chi connectivity index (χ3v) is 7.80. The number of aliphatic hydroxyl groups excluding tert-OH is 1. The number of aliphatic hydroxyl groups is 1. The van der Waals surface area contributed by atoms with Gasteiger partial charge in [0.2, 0.25) is 0 Å². The van der Waals surface area contributed by atoms with Crippen molar-refractivity contribution in [3.8, 4) is 17.2 Å². The van der Waals surface area contributed by atoms with E-state index in [1.165, 1.54) is 17.2 Å². The van der Waals surface area contributed by atoms with Gasteiger partial charge in [-0.2, -0.15) is 0 Å². The highest BCUT2D eigenvalue weighted by molar-refractivity contribution is 5.81. The third-order valence-electron chi connectivity index (χ3n) is 7.80. The van der Waals surface area contributed by atoms with Gasteiger partial charge >= 0.3 is 5.63 Å². The average Bonchev–Trinajstić information content (AvgIpc) is 3.08. The van der Waals surface area contributed by atoms with Crippen LogP contribution >= 0.6 is 0 Å². The van der Waals surface area contributed by atoms with Gasteiger partial charge < -0.3 is 23.7 Å². The molecule has 0 fully saturated rings. The Morgan fingerprint density at radius 3 is 1.50 bits per heavy atom. The lowest BCUT2D eigenvalue weighted by molar-refractivity contribution is 0.220. The van der Waals surface area contributed by atoms with Crippen molar-refractivity contribution in [2.75, 3.05) is 14.2 Å². The van der Waals surface area contributed by atoms with Gasteiger partial charge in [-0.15, -0.1) is 0 Å². The number of fused-ring (bicyclic) bond motifs is 1. The Labute approximate surface area is 269 Å². The Hall–Kier alpha value is -5.33. The third kappa shape index (κ3) is 7.84. The van der Waals surface area contributed by atoms with E-state index in [1.54, 1.807) is 20.3 Å². The van der Waals surface area contributed by atoms with Gasteiger partial charge in [0.05, 0.1) is 14.2 Å². The number of aryl methyl sites for hydroxylation is 3. The lowest BCUT2D eigenvalue weighted by atomic mass is 10.00. The zero-order valence-corrected chi connectivity index (χ0v) is 26.7. The zero-order valence-electron chi connectivity index (χ0n) is 26.7. The quantitative estimate of drug-likeness (QED) is 0.173. The molecule has 46 heavy (non-hydrogen) atoms. The van der Waals surface area contributed by atoms with Crippen molar-refractivity contribution in [2.24, 2.45) is 0 Å². The summed E-state index contributed by atoms with van der Waals surface area (Å²) >= 11 is 0. The fourth-order valence-electron chi connectivity index (χ4n) is 5.09. The van der Waals surface area contributed by atoms with Gasteiger partial charge in [0, 0.05) is 17.5 Å². The first-order valence-corrected chi connectivity index (χ1v) is 15.0. The van der Waals surface area contributed by atoms with E-state index in [-0.39, 0.29) is 11.7 Å². The van der Waals surface area contributed by atoms with E-state index in [4.69, 9.17) is 18.6 Å². The fraction of sp³-hybridized carbons (Fsp3) is 0.175. The molecule has 0 aliphatic heterocycles. The first kappa shape index (κ1) is 32.1. The number of rotatable bonds is 8. The smallest absolute Gasteiger partial charge is 0.336 e. The van der Waals surface area contributed by atoms with Crippen molar-refractivity contribution in [3.63, 3.8) is 0 Å². The van der Waals surface area contributed by atoms with E-state index in [0.717, 1.165) is 44.7 Å². The molecule has 0 aliphatic carbocycles. The van der Waals surface area contributed by atoms with Crippen LogP contribution < -0.4 is 19.8 Å². The average molecular weight is 615 g/mol. The van der Waals surface area contributed by atoms with Crippen molar-refractivity contribution < 1.29 is 23.7 Å². The van der Waals surface area contributed by atoms with E-state index in [2.05, 4.69) is 31.2 Å². The van der Waals surface area contributed by atoms with Gasteiger partial charge in [-0.25, -0.2) is 4.79 Å². The number of hydrogen-bond acceptors (Lipinski definition) is 6. The summed E-state index contributed by atoms with van der Waals surface area (Å²) in [4.78, 5) is 11.8. The van der Waals surface area contributed by atoms with E-state index >= 15 is 0 Å². The lowest BCUT2D eigenvalue weighted by Gasteiger charge is -2.21. The van der Waals surface area contributed by atoms with Crippen LogP contribution in [0.3, 0.4) is 0 Å². The largest absolute Gasteiger partial charge is 0.497 e. The molecule has 6 aromatic rings. The minimum absolute atomic E-state index is 0.310. The maximum Gasteiger partial charge on any atom is 0.336 e. The molecule has 5 aromatic carbocycles. The number of benzene rings is 5. The van der Waals surface area contributed by atoms with Crippen LogP contribution in [0.15, 0.2) is 131 Å². The minimum atomic E-state index is -0.582. The molecule has 1 N–H and O–H groups in total. The zero-order chi connectivity index (χ0) is 32.6. The topological polar surface area (TPSA) is 78.1 Å². The van der Waals surface area contributed by atoms with Gasteiger partial charge in [0.1, 0.15) is 35.0 Å². The fourth-order valence-corrected chi connectivity index (χ4v) is 5.09. The molecule has 0 bridgehead atoms. The Morgan fingerprint density at radius 1 is 0.565 bits per heavy atom. The first-order valence-electron chi connectivity index (χ1n) is 15.0. The monoisotopic (exact) mass is 614 g/mol. The van der Waals surface area contributed by atoms with E-state index in [1.807, 2.05) is 98.8 Å². The van der Waals surface area contributed by atoms with Gasteiger partial charge in [-0.05, 0) is 85.0 Å². The van der Waals surface area contributed by atoms with Gasteiger partial charge in [0.25, 0.3) is 0 Å². The number of ether oxygens (including phenoxy) is 3. The highest BCUT2D eigenvalue weighted by Crippen LogP contribution is 2.32. The van der Waals surface area contributed by atoms with Crippen LogP contribution in [0.5, 0.6) is 17.2 Å². The molecule has 1 heterocycles. The van der Waals surface area contributed by atoms with E-state index in [0.29, 0.717) is 11.3 Å². The van der Waals surface area contributed by atoms with Gasteiger partial charge in [-0.3, -0.25) is 0 Å². The minimum Gasteiger partial charge on any atom is -0.497 e. The maximum absolute atomic E-state index is 11.8. The van der Waals surface area contributed by atoms with Crippen LogP contribution in [-0.4, -0.2) is 19.3 Å². The molecule has 2 atom stereocenters. The highest BCUT2D eigenvalue weighted by Gasteiger charge is 2.17. The predicted molar refractivity (Wildman–Crippen MR) is 182 cm³/mol. The summed E-state index contributed by atoms with van der Waals surface area (Å²) in [6, 6.07) is 38.5. The molecule has 234 valence electrons. The summed E-state index contributed by atoms with van der Waals surface area (Å²) in [5.41, 5.74) is 7.22. The van der Waals surface area contributed by atoms with Crippen molar-refractivity contribution in [2.45, 2.75) is 33.0 Å². The van der Waals surface area contributed by atoms with Crippen LogP contribution in [0.1, 0.15) is 51.2 Å². The lowest BCUT2D eigenvalue weighted by Crippen LogP contribution is -2.09. The molecule has 0 amide bonds. The van der Waals surface area contributed by atoms with E-state index in [9.17, 15) is 9.90 Å². The normalized spacial score (nSPS) is 12.0. The van der Waals surface area contributed by atoms with Crippen molar-refractivity contribution in [1.29, 1.82) is 0 Å². The second-order valence-corrected chi connectivity index (χ2v) is 11.2. The number of hydrogen-bond donors (Lipinski definition) is 1. The van der Waals surface area contributed by atoms with Crippen LogP contribution in [0.25, 0.3) is 11.0 Å². The molecule has 0 aliphatic rings. The molecule has 0 spiro atoms. The maximum atomic E-state index is 11.8. The molecule has 6 heteroatoms. The Balaban J connectivity index is 0.000000209. The van der Waals surface area contributed by atoms with Crippen molar-refractivity contribution >= 4 is 11.0 Å². The first-order chi connectivity index (χ1) is 22.2. The summed E-state index contributed by atoms with van der Waals surface area (Å²) in [5, 5.41) is 11.1. The van der Waals surface area contributed by atoms with Crippen molar-refractivity contribution in [3.05, 3.63) is 171 Å². The summed E-state index contributed by atoms with van der Waals surface area (Å²) in [6.07, 6.45) is -0.892. The summed E-state index contributed by atoms with van der Waals surface area (Å²) in [5.74, 6) is 2.22. The molecule has 6 rings (SSSR count). The predicted octanol–water partition coefficient (Wildman–Crippen LogP) is 8.67. The molecule has 1 aromatic heterocycles. The molecule has 0 saturated heterocycles. The summed E-state index contributed by atoms with van der Waals surface area (Å²) in [7, 11) is 3.28. The van der Waals surface area contributed by atoms with Gasteiger partial charge in [-0.1, -0.05) is 83.9 Å². The second-order valence-electron chi connectivity index (χ2n) is 11.2. The van der Waals surface area contributed by atoms with Gasteiger partial charge in [0.15, 0.2) is 0 Å². The Kier molecular flexibility index (Phi) is 10.2. The SMILES string of the molecule is COc1ccc(C(O)c2ccc(C)cc2)cc1.COc1ccc(C(Oc2ccc3c(C)cc(=O)oc3c2)c2ccc(C)cc2)cc1. The summed E-state index contributed by atoms with van der Waals surface area (Å²) in [6.45, 7) is 5.98. The second kappa shape index (κ2) is 14.6. The summed E-state index contributed by atoms with van der Waals surface area (Å²) < 4.78 is 22.1. The highest BCUT2D eigenvalue weighted by atomic mass is 16.5. The van der Waals surface area contributed by atoms with Crippen LogP contribution in [0, 0.1) is 20.8 Å².